The highest BCUT2D eigenvalue weighted by molar-refractivity contribution is 5.41. The van der Waals surface area contributed by atoms with Gasteiger partial charge in [-0.2, -0.15) is 0 Å². The molecule has 3 N–H and O–H groups in total. The molecule has 0 radical (unpaired) electrons. The van der Waals surface area contributed by atoms with Gasteiger partial charge in [-0.3, -0.25) is 0 Å². The SMILES string of the molecule is CC(C)(c1ccc(OCC(O)CO)cc1)c1ccc(OCC(O)C(C)(C)C)cc1. The van der Waals surface area contributed by atoms with E-state index in [1.807, 2.05) is 69.3 Å². The Bertz CT molecular complexity index is 744. The van der Waals surface area contributed by atoms with Gasteiger partial charge in [-0.05, 0) is 40.8 Å². The number of rotatable bonds is 9. The maximum absolute atomic E-state index is 10.1. The molecule has 2 rings (SSSR count). The van der Waals surface area contributed by atoms with Crippen LogP contribution >= 0.6 is 0 Å². The van der Waals surface area contributed by atoms with Crippen LogP contribution in [-0.2, 0) is 5.41 Å². The maximum Gasteiger partial charge on any atom is 0.119 e. The normalized spacial score (nSPS) is 14.3. The second-order valence-electron chi connectivity index (χ2n) is 9.01. The molecule has 0 aliphatic carbocycles. The van der Waals surface area contributed by atoms with Crippen molar-refractivity contribution in [2.24, 2.45) is 5.41 Å². The Labute approximate surface area is 173 Å². The number of aliphatic hydroxyl groups excluding tert-OH is 3. The molecular weight excluding hydrogens is 368 g/mol. The van der Waals surface area contributed by atoms with E-state index in [0.717, 1.165) is 16.9 Å². The van der Waals surface area contributed by atoms with Crippen LogP contribution in [0.25, 0.3) is 0 Å². The number of hydrogen-bond acceptors (Lipinski definition) is 5. The van der Waals surface area contributed by atoms with E-state index in [1.165, 1.54) is 0 Å². The van der Waals surface area contributed by atoms with Crippen molar-refractivity contribution in [3.63, 3.8) is 0 Å². The van der Waals surface area contributed by atoms with Crippen molar-refractivity contribution in [1.82, 2.24) is 0 Å². The number of aliphatic hydroxyl groups is 3. The first-order valence-electron chi connectivity index (χ1n) is 9.97. The summed E-state index contributed by atoms with van der Waals surface area (Å²) in [6, 6.07) is 15.7. The molecule has 0 aromatic heterocycles. The first kappa shape index (κ1) is 23.2. The summed E-state index contributed by atoms with van der Waals surface area (Å²) in [5.74, 6) is 1.39. The molecule has 5 heteroatoms. The average molecular weight is 403 g/mol. The summed E-state index contributed by atoms with van der Waals surface area (Å²) in [6.45, 7) is 10.3. The Morgan fingerprint density at radius 2 is 1.14 bits per heavy atom. The van der Waals surface area contributed by atoms with Gasteiger partial charge in [0.15, 0.2) is 0 Å². The van der Waals surface area contributed by atoms with E-state index in [9.17, 15) is 10.2 Å². The van der Waals surface area contributed by atoms with Gasteiger partial charge in [0.1, 0.15) is 30.8 Å². The van der Waals surface area contributed by atoms with Gasteiger partial charge in [0.2, 0.25) is 0 Å². The highest BCUT2D eigenvalue weighted by Crippen LogP contribution is 2.33. The molecule has 0 heterocycles. The zero-order valence-corrected chi connectivity index (χ0v) is 18.1. The fourth-order valence-corrected chi connectivity index (χ4v) is 2.77. The van der Waals surface area contributed by atoms with E-state index < -0.39 is 12.2 Å². The van der Waals surface area contributed by atoms with E-state index in [2.05, 4.69) is 13.8 Å². The molecule has 0 bridgehead atoms. The topological polar surface area (TPSA) is 79.2 Å². The zero-order valence-electron chi connectivity index (χ0n) is 18.1. The lowest BCUT2D eigenvalue weighted by molar-refractivity contribution is 0.0218. The third-order valence-electron chi connectivity index (χ3n) is 5.21. The maximum atomic E-state index is 10.1. The third kappa shape index (κ3) is 6.46. The number of hydrogen-bond donors (Lipinski definition) is 3. The fraction of sp³-hybridized carbons (Fsp3) is 0.500. The van der Waals surface area contributed by atoms with Crippen molar-refractivity contribution < 1.29 is 24.8 Å². The van der Waals surface area contributed by atoms with Gasteiger partial charge in [-0.1, -0.05) is 58.9 Å². The molecule has 29 heavy (non-hydrogen) atoms. The summed E-state index contributed by atoms with van der Waals surface area (Å²) < 4.78 is 11.2. The molecule has 0 spiro atoms. The van der Waals surface area contributed by atoms with E-state index >= 15 is 0 Å². The molecule has 2 aromatic rings. The Morgan fingerprint density at radius 3 is 1.52 bits per heavy atom. The summed E-state index contributed by atoms with van der Waals surface area (Å²) in [4.78, 5) is 0. The second kappa shape index (κ2) is 9.61. The Hall–Kier alpha value is -2.08. The Kier molecular flexibility index (Phi) is 7.69. The molecule has 0 saturated carbocycles. The lowest BCUT2D eigenvalue weighted by Crippen LogP contribution is -2.31. The van der Waals surface area contributed by atoms with Crippen LogP contribution in [0.3, 0.4) is 0 Å². The van der Waals surface area contributed by atoms with Crippen molar-refractivity contribution >= 4 is 0 Å². The van der Waals surface area contributed by atoms with Gasteiger partial charge < -0.3 is 24.8 Å². The minimum absolute atomic E-state index is 0.0601. The van der Waals surface area contributed by atoms with Gasteiger partial charge in [0.05, 0.1) is 12.7 Å². The minimum Gasteiger partial charge on any atom is -0.491 e. The molecule has 2 aromatic carbocycles. The first-order valence-corrected chi connectivity index (χ1v) is 9.97. The first-order chi connectivity index (χ1) is 13.5. The summed E-state index contributed by atoms with van der Waals surface area (Å²) in [5, 5.41) is 28.4. The van der Waals surface area contributed by atoms with Gasteiger partial charge in [-0.25, -0.2) is 0 Å². The van der Waals surface area contributed by atoms with Crippen LogP contribution in [0.15, 0.2) is 48.5 Å². The van der Waals surface area contributed by atoms with Gasteiger partial charge in [-0.15, -0.1) is 0 Å². The predicted molar refractivity (Wildman–Crippen MR) is 115 cm³/mol. The molecule has 0 aliphatic rings. The summed E-state index contributed by atoms with van der Waals surface area (Å²) >= 11 is 0. The molecule has 0 aliphatic heterocycles. The van der Waals surface area contributed by atoms with Crippen LogP contribution in [-0.4, -0.2) is 47.3 Å². The van der Waals surface area contributed by atoms with Crippen LogP contribution in [0.2, 0.25) is 0 Å². The molecule has 2 atom stereocenters. The lowest BCUT2D eigenvalue weighted by Gasteiger charge is -2.27. The summed E-state index contributed by atoms with van der Waals surface area (Å²) in [5.41, 5.74) is 1.84. The van der Waals surface area contributed by atoms with Crippen LogP contribution in [0.1, 0.15) is 45.7 Å². The Balaban J connectivity index is 2.03. The lowest BCUT2D eigenvalue weighted by atomic mass is 9.78. The molecule has 2 unspecified atom stereocenters. The average Bonchev–Trinajstić information content (AvgIpc) is 2.70. The largest absolute Gasteiger partial charge is 0.491 e. The summed E-state index contributed by atoms with van der Waals surface area (Å²) in [7, 11) is 0. The van der Waals surface area contributed by atoms with Gasteiger partial charge >= 0.3 is 0 Å². The van der Waals surface area contributed by atoms with Gasteiger partial charge in [0, 0.05) is 5.41 Å². The van der Waals surface area contributed by atoms with Crippen LogP contribution < -0.4 is 9.47 Å². The molecule has 0 amide bonds. The molecule has 0 fully saturated rings. The van der Waals surface area contributed by atoms with Crippen LogP contribution in [0, 0.1) is 5.41 Å². The molecule has 160 valence electrons. The van der Waals surface area contributed by atoms with E-state index in [-0.39, 0.29) is 30.7 Å². The summed E-state index contributed by atoms with van der Waals surface area (Å²) in [6.07, 6.45) is -1.41. The highest BCUT2D eigenvalue weighted by atomic mass is 16.5. The van der Waals surface area contributed by atoms with Crippen molar-refractivity contribution in [3.8, 4) is 11.5 Å². The number of ether oxygens (including phenoxy) is 2. The van der Waals surface area contributed by atoms with E-state index in [4.69, 9.17) is 14.6 Å². The highest BCUT2D eigenvalue weighted by Gasteiger charge is 2.24. The smallest absolute Gasteiger partial charge is 0.119 e. The monoisotopic (exact) mass is 402 g/mol. The Morgan fingerprint density at radius 1 is 0.724 bits per heavy atom. The van der Waals surface area contributed by atoms with Crippen LogP contribution in [0.4, 0.5) is 0 Å². The van der Waals surface area contributed by atoms with Crippen molar-refractivity contribution in [3.05, 3.63) is 59.7 Å². The van der Waals surface area contributed by atoms with Gasteiger partial charge in [0.25, 0.3) is 0 Å². The molecule has 0 saturated heterocycles. The van der Waals surface area contributed by atoms with Crippen LogP contribution in [0.5, 0.6) is 11.5 Å². The molecular formula is C24H34O5. The van der Waals surface area contributed by atoms with E-state index in [0.29, 0.717) is 5.75 Å². The van der Waals surface area contributed by atoms with E-state index in [1.54, 1.807) is 0 Å². The standard InChI is InChI=1S/C24H34O5/c1-23(2,3)22(27)16-29-21-12-8-18(9-13-21)24(4,5)17-6-10-20(11-7-17)28-15-19(26)14-25/h6-13,19,22,25-27H,14-16H2,1-5H3. The second-order valence-corrected chi connectivity index (χ2v) is 9.01. The predicted octanol–water partition coefficient (Wildman–Crippen LogP) is 3.53. The molecule has 5 nitrogen and oxygen atoms in total. The van der Waals surface area contributed by atoms with Crippen molar-refractivity contribution in [1.29, 1.82) is 0 Å². The quantitative estimate of drug-likeness (QED) is 0.598. The third-order valence-corrected chi connectivity index (χ3v) is 5.21. The fourth-order valence-electron chi connectivity index (χ4n) is 2.77. The number of benzene rings is 2. The van der Waals surface area contributed by atoms with Crippen molar-refractivity contribution in [2.75, 3.05) is 19.8 Å². The zero-order chi connectivity index (χ0) is 21.7. The van der Waals surface area contributed by atoms with Crippen molar-refractivity contribution in [2.45, 2.75) is 52.2 Å². The minimum atomic E-state index is -0.878.